The van der Waals surface area contributed by atoms with Gasteiger partial charge in [0.25, 0.3) is 0 Å². The SMILES string of the molecule is C=C/C=C(\C=C)Oc1cccc(C2(Cn3cc(C)c(=O)c(O)c3)CCCC2)c1. The topological polar surface area (TPSA) is 51.5 Å². The molecule has 1 aliphatic rings. The number of hydrogen-bond acceptors (Lipinski definition) is 3. The third-order valence-corrected chi connectivity index (χ3v) is 5.45. The Morgan fingerprint density at radius 1 is 1.29 bits per heavy atom. The highest BCUT2D eigenvalue weighted by atomic mass is 16.5. The third kappa shape index (κ3) is 4.11. The minimum absolute atomic E-state index is 0.0518. The van der Waals surface area contributed by atoms with Gasteiger partial charge in [0.2, 0.25) is 5.43 Å². The summed E-state index contributed by atoms with van der Waals surface area (Å²) in [5.74, 6) is 1.21. The summed E-state index contributed by atoms with van der Waals surface area (Å²) in [6, 6.07) is 8.16. The minimum Gasteiger partial charge on any atom is -0.503 e. The van der Waals surface area contributed by atoms with E-state index in [1.54, 1.807) is 31.3 Å². The van der Waals surface area contributed by atoms with E-state index in [-0.39, 0.29) is 16.6 Å². The molecule has 0 radical (unpaired) electrons. The van der Waals surface area contributed by atoms with Gasteiger partial charge in [-0.3, -0.25) is 4.79 Å². The minimum atomic E-state index is -0.307. The Kier molecular flexibility index (Phi) is 5.88. The predicted molar refractivity (Wildman–Crippen MR) is 113 cm³/mol. The van der Waals surface area contributed by atoms with Crippen LogP contribution in [-0.4, -0.2) is 9.67 Å². The quantitative estimate of drug-likeness (QED) is 0.545. The van der Waals surface area contributed by atoms with Crippen molar-refractivity contribution in [2.45, 2.75) is 44.6 Å². The number of hydrogen-bond donors (Lipinski definition) is 1. The number of aryl methyl sites for hydroxylation is 1. The first-order chi connectivity index (χ1) is 13.5. The van der Waals surface area contributed by atoms with E-state index in [4.69, 9.17) is 4.74 Å². The molecule has 28 heavy (non-hydrogen) atoms. The van der Waals surface area contributed by atoms with Crippen molar-refractivity contribution < 1.29 is 9.84 Å². The molecule has 1 N–H and O–H groups in total. The van der Waals surface area contributed by atoms with Crippen LogP contribution >= 0.6 is 0 Å². The number of pyridine rings is 1. The molecule has 4 nitrogen and oxygen atoms in total. The molecule has 0 bridgehead atoms. The number of allylic oxidation sites excluding steroid dienone is 3. The van der Waals surface area contributed by atoms with Gasteiger partial charge >= 0.3 is 0 Å². The lowest BCUT2D eigenvalue weighted by Crippen LogP contribution is -2.29. The van der Waals surface area contributed by atoms with E-state index < -0.39 is 0 Å². The van der Waals surface area contributed by atoms with Gasteiger partial charge in [-0.15, -0.1) is 0 Å². The average Bonchev–Trinajstić information content (AvgIpc) is 3.15. The van der Waals surface area contributed by atoms with Crippen LogP contribution in [0.5, 0.6) is 11.5 Å². The van der Waals surface area contributed by atoms with E-state index in [1.165, 1.54) is 5.56 Å². The average molecular weight is 377 g/mol. The number of benzene rings is 1. The number of aromatic hydroxyl groups is 1. The summed E-state index contributed by atoms with van der Waals surface area (Å²) >= 11 is 0. The van der Waals surface area contributed by atoms with Crippen LogP contribution in [0.25, 0.3) is 0 Å². The highest BCUT2D eigenvalue weighted by molar-refractivity contribution is 5.37. The van der Waals surface area contributed by atoms with Crippen molar-refractivity contribution >= 4 is 0 Å². The van der Waals surface area contributed by atoms with Gasteiger partial charge in [0.1, 0.15) is 11.5 Å². The molecule has 0 amide bonds. The van der Waals surface area contributed by atoms with E-state index in [1.807, 2.05) is 22.9 Å². The summed E-state index contributed by atoms with van der Waals surface area (Å²) in [5.41, 5.74) is 1.40. The summed E-state index contributed by atoms with van der Waals surface area (Å²) < 4.78 is 7.88. The maximum absolute atomic E-state index is 11.8. The molecule has 3 rings (SSSR count). The normalized spacial score (nSPS) is 16.0. The van der Waals surface area contributed by atoms with Crippen LogP contribution in [0.1, 0.15) is 36.8 Å². The summed E-state index contributed by atoms with van der Waals surface area (Å²) in [4.78, 5) is 11.8. The Hall–Kier alpha value is -3.01. The molecule has 0 unspecified atom stereocenters. The van der Waals surface area contributed by atoms with Crippen molar-refractivity contribution in [2.75, 3.05) is 0 Å². The second-order valence-corrected chi connectivity index (χ2v) is 7.45. The molecule has 1 saturated carbocycles. The number of ether oxygens (including phenoxy) is 1. The van der Waals surface area contributed by atoms with Crippen molar-refractivity contribution in [3.8, 4) is 11.5 Å². The summed E-state index contributed by atoms with van der Waals surface area (Å²) in [7, 11) is 0. The molecule has 0 atom stereocenters. The second-order valence-electron chi connectivity index (χ2n) is 7.45. The van der Waals surface area contributed by atoms with E-state index in [0.717, 1.165) is 31.4 Å². The van der Waals surface area contributed by atoms with Gasteiger partial charge in [-0.05, 0) is 49.6 Å². The van der Waals surface area contributed by atoms with E-state index in [2.05, 4.69) is 25.3 Å². The van der Waals surface area contributed by atoms with Crippen molar-refractivity contribution in [2.24, 2.45) is 0 Å². The highest BCUT2D eigenvalue weighted by Gasteiger charge is 2.36. The van der Waals surface area contributed by atoms with Crippen LogP contribution in [0.15, 0.2) is 78.6 Å². The van der Waals surface area contributed by atoms with E-state index in [0.29, 0.717) is 17.9 Å². The fourth-order valence-corrected chi connectivity index (χ4v) is 4.08. The Bertz CT molecular complexity index is 936. The lowest BCUT2D eigenvalue weighted by Gasteiger charge is -2.31. The van der Waals surface area contributed by atoms with Crippen LogP contribution < -0.4 is 10.2 Å². The largest absolute Gasteiger partial charge is 0.503 e. The fraction of sp³-hybridized carbons (Fsp3) is 0.292. The third-order valence-electron chi connectivity index (χ3n) is 5.45. The standard InChI is InChI=1S/C24H27NO3/c1-4-9-20(5-2)28-21-11-8-10-19(14-21)24(12-6-7-13-24)17-25-15-18(3)23(27)22(26)16-25/h4-5,8-11,14-16,26H,1-2,6-7,12-13,17H2,3H3/b20-9+. The fourth-order valence-electron chi connectivity index (χ4n) is 4.08. The Morgan fingerprint density at radius 3 is 2.68 bits per heavy atom. The number of aromatic nitrogens is 1. The molecular formula is C24H27NO3. The van der Waals surface area contributed by atoms with Crippen molar-refractivity contribution in [3.05, 3.63) is 95.2 Å². The Balaban J connectivity index is 1.95. The zero-order valence-electron chi connectivity index (χ0n) is 16.4. The monoisotopic (exact) mass is 377 g/mol. The van der Waals surface area contributed by atoms with E-state index in [9.17, 15) is 9.90 Å². The van der Waals surface area contributed by atoms with Crippen LogP contribution in [0.2, 0.25) is 0 Å². The molecule has 1 heterocycles. The van der Waals surface area contributed by atoms with Gasteiger partial charge in [-0.25, -0.2) is 0 Å². The Morgan fingerprint density at radius 2 is 2.04 bits per heavy atom. The summed E-state index contributed by atoms with van der Waals surface area (Å²) in [6.45, 7) is 9.92. The van der Waals surface area contributed by atoms with Gasteiger partial charge in [-0.1, -0.05) is 44.2 Å². The second kappa shape index (κ2) is 8.34. The van der Waals surface area contributed by atoms with Crippen LogP contribution in [-0.2, 0) is 12.0 Å². The molecular weight excluding hydrogens is 350 g/mol. The highest BCUT2D eigenvalue weighted by Crippen LogP contribution is 2.43. The molecule has 146 valence electrons. The predicted octanol–water partition coefficient (Wildman–Crippen LogP) is 5.01. The van der Waals surface area contributed by atoms with Crippen LogP contribution in [0.3, 0.4) is 0 Å². The summed E-state index contributed by atoms with van der Waals surface area (Å²) in [6.07, 6.45) is 12.9. The summed E-state index contributed by atoms with van der Waals surface area (Å²) in [5, 5.41) is 9.95. The molecule has 0 spiro atoms. The first-order valence-electron chi connectivity index (χ1n) is 9.61. The van der Waals surface area contributed by atoms with Crippen molar-refractivity contribution in [1.29, 1.82) is 0 Å². The molecule has 1 aromatic heterocycles. The Labute approximate surface area is 166 Å². The zero-order chi connectivity index (χ0) is 20.1. The van der Waals surface area contributed by atoms with Gasteiger partial charge in [0.15, 0.2) is 5.75 Å². The van der Waals surface area contributed by atoms with Crippen molar-refractivity contribution in [1.82, 2.24) is 4.57 Å². The number of nitrogens with zero attached hydrogens (tertiary/aromatic N) is 1. The number of rotatable bonds is 7. The van der Waals surface area contributed by atoms with Gasteiger partial charge < -0.3 is 14.4 Å². The zero-order valence-corrected chi connectivity index (χ0v) is 16.4. The maximum atomic E-state index is 11.8. The smallest absolute Gasteiger partial charge is 0.226 e. The first kappa shape index (κ1) is 19.7. The van der Waals surface area contributed by atoms with Gasteiger partial charge in [-0.2, -0.15) is 0 Å². The first-order valence-corrected chi connectivity index (χ1v) is 9.61. The van der Waals surface area contributed by atoms with Gasteiger partial charge in [0, 0.05) is 29.9 Å². The molecule has 1 fully saturated rings. The lowest BCUT2D eigenvalue weighted by molar-refractivity contribution is 0.361. The van der Waals surface area contributed by atoms with Crippen LogP contribution in [0.4, 0.5) is 0 Å². The molecule has 0 aliphatic heterocycles. The van der Waals surface area contributed by atoms with Gasteiger partial charge in [0.05, 0.1) is 0 Å². The molecule has 4 heteroatoms. The van der Waals surface area contributed by atoms with E-state index >= 15 is 0 Å². The maximum Gasteiger partial charge on any atom is 0.226 e. The molecule has 2 aromatic rings. The van der Waals surface area contributed by atoms with Crippen LogP contribution in [0, 0.1) is 6.92 Å². The molecule has 1 aromatic carbocycles. The lowest BCUT2D eigenvalue weighted by atomic mass is 9.78. The van der Waals surface area contributed by atoms with Crippen molar-refractivity contribution in [3.63, 3.8) is 0 Å². The molecule has 1 aliphatic carbocycles. The molecule has 0 saturated heterocycles.